The number of aliphatic imine (C=N–C) groups is 1. The van der Waals surface area contributed by atoms with Crippen molar-refractivity contribution in [3.05, 3.63) is 29.8 Å². The van der Waals surface area contributed by atoms with Crippen molar-refractivity contribution in [3.8, 4) is 5.75 Å². The van der Waals surface area contributed by atoms with Crippen LogP contribution in [0.25, 0.3) is 0 Å². The molecule has 0 radical (unpaired) electrons. The molecule has 3 N–H and O–H groups in total. The van der Waals surface area contributed by atoms with E-state index in [9.17, 15) is 5.11 Å². The lowest BCUT2D eigenvalue weighted by molar-refractivity contribution is 0.185. The molecule has 1 aromatic carbocycles. The van der Waals surface area contributed by atoms with Crippen molar-refractivity contribution in [3.63, 3.8) is 0 Å². The highest BCUT2D eigenvalue weighted by molar-refractivity contribution is 5.79. The second-order valence-corrected chi connectivity index (χ2v) is 6.30. The van der Waals surface area contributed by atoms with E-state index in [4.69, 9.17) is 4.74 Å². The van der Waals surface area contributed by atoms with Gasteiger partial charge >= 0.3 is 0 Å². The minimum Gasteiger partial charge on any atom is -0.491 e. The molecule has 0 bridgehead atoms. The lowest BCUT2D eigenvalue weighted by atomic mass is 10.1. The summed E-state index contributed by atoms with van der Waals surface area (Å²) in [5.41, 5.74) is 0.809. The van der Waals surface area contributed by atoms with Crippen LogP contribution in [-0.4, -0.2) is 61.8 Å². The summed E-state index contributed by atoms with van der Waals surface area (Å²) in [4.78, 5) is 6.72. The average molecular weight is 351 g/mol. The molecule has 0 saturated heterocycles. The molecule has 0 fully saturated rings. The predicted octanol–water partition coefficient (Wildman–Crippen LogP) is 2.01. The van der Waals surface area contributed by atoms with Gasteiger partial charge in [0.15, 0.2) is 5.96 Å². The fourth-order valence-electron chi connectivity index (χ4n) is 2.22. The van der Waals surface area contributed by atoms with Gasteiger partial charge in [0.05, 0.1) is 18.8 Å². The molecular weight excluding hydrogens is 316 g/mol. The van der Waals surface area contributed by atoms with E-state index in [0.29, 0.717) is 6.54 Å². The van der Waals surface area contributed by atoms with Crippen molar-refractivity contribution in [1.82, 2.24) is 15.5 Å². The summed E-state index contributed by atoms with van der Waals surface area (Å²) in [7, 11) is 2.09. The summed E-state index contributed by atoms with van der Waals surface area (Å²) in [6.45, 7) is 12.0. The van der Waals surface area contributed by atoms with Gasteiger partial charge in [-0.15, -0.1) is 0 Å². The molecule has 0 heterocycles. The van der Waals surface area contributed by atoms with Crippen molar-refractivity contribution in [1.29, 1.82) is 0 Å². The van der Waals surface area contributed by atoms with Crippen LogP contribution in [-0.2, 0) is 0 Å². The van der Waals surface area contributed by atoms with Crippen molar-refractivity contribution in [2.75, 3.05) is 39.8 Å². The molecule has 0 aliphatic heterocycles. The Hall–Kier alpha value is -1.79. The molecule has 0 saturated carbocycles. The third-order valence-electron chi connectivity index (χ3n) is 3.71. The van der Waals surface area contributed by atoms with Gasteiger partial charge in [-0.05, 0) is 52.1 Å². The van der Waals surface area contributed by atoms with Crippen molar-refractivity contribution >= 4 is 5.96 Å². The monoisotopic (exact) mass is 350 g/mol. The van der Waals surface area contributed by atoms with Crippen LogP contribution >= 0.6 is 0 Å². The Balaban J connectivity index is 2.62. The minimum absolute atomic E-state index is 0.108. The van der Waals surface area contributed by atoms with Crippen LogP contribution in [0.5, 0.6) is 5.75 Å². The number of benzene rings is 1. The third-order valence-corrected chi connectivity index (χ3v) is 3.71. The Morgan fingerprint density at radius 3 is 2.68 bits per heavy atom. The number of aliphatic hydroxyl groups excluding tert-OH is 1. The summed E-state index contributed by atoms with van der Waals surface area (Å²) in [5.74, 6) is 1.49. The standard InChI is InChI=1S/C19H34N4O2/c1-6-20-19(21-11-12-23(5)7-2)22-14-18(24)16-9-8-10-17(13-16)25-15(3)4/h8-10,13,15,18,24H,6-7,11-12,14H2,1-5H3,(H2,20,21,22). The maximum Gasteiger partial charge on any atom is 0.191 e. The molecule has 0 amide bonds. The van der Waals surface area contributed by atoms with Gasteiger partial charge in [0, 0.05) is 19.6 Å². The molecule has 6 heteroatoms. The number of ether oxygens (including phenoxy) is 1. The fourth-order valence-corrected chi connectivity index (χ4v) is 2.22. The van der Waals surface area contributed by atoms with E-state index in [0.717, 1.165) is 43.5 Å². The maximum atomic E-state index is 10.4. The minimum atomic E-state index is -0.663. The van der Waals surface area contributed by atoms with E-state index >= 15 is 0 Å². The summed E-state index contributed by atoms with van der Waals surface area (Å²) in [6.07, 6.45) is -0.555. The van der Waals surface area contributed by atoms with E-state index < -0.39 is 6.10 Å². The quantitative estimate of drug-likeness (QED) is 0.445. The molecule has 0 aliphatic rings. The molecule has 0 aliphatic carbocycles. The second kappa shape index (κ2) is 11.7. The SMILES string of the molecule is CCNC(=NCC(O)c1cccc(OC(C)C)c1)NCCN(C)CC. The first-order valence-corrected chi connectivity index (χ1v) is 9.11. The highest BCUT2D eigenvalue weighted by atomic mass is 16.5. The number of guanidine groups is 1. The zero-order valence-electron chi connectivity index (χ0n) is 16.2. The number of nitrogens with one attached hydrogen (secondary N) is 2. The molecule has 1 rings (SSSR count). The third kappa shape index (κ3) is 8.74. The molecule has 1 atom stereocenters. The van der Waals surface area contributed by atoms with Gasteiger partial charge in [0.2, 0.25) is 0 Å². The number of likely N-dealkylation sites (N-methyl/N-ethyl adjacent to an activating group) is 1. The largest absolute Gasteiger partial charge is 0.491 e. The molecular formula is C19H34N4O2. The number of hydrogen-bond acceptors (Lipinski definition) is 4. The summed E-state index contributed by atoms with van der Waals surface area (Å²) in [6, 6.07) is 7.56. The van der Waals surface area contributed by atoms with E-state index in [1.54, 1.807) is 0 Å². The van der Waals surface area contributed by atoms with Crippen molar-refractivity contribution in [2.45, 2.75) is 39.9 Å². The van der Waals surface area contributed by atoms with Gasteiger partial charge in [0.1, 0.15) is 5.75 Å². The van der Waals surface area contributed by atoms with E-state index in [1.165, 1.54) is 0 Å². The maximum absolute atomic E-state index is 10.4. The summed E-state index contributed by atoms with van der Waals surface area (Å²) in [5, 5.41) is 16.9. The van der Waals surface area contributed by atoms with Crippen LogP contribution in [0.2, 0.25) is 0 Å². The topological polar surface area (TPSA) is 69.1 Å². The first-order valence-electron chi connectivity index (χ1n) is 9.11. The highest BCUT2D eigenvalue weighted by Gasteiger charge is 2.09. The van der Waals surface area contributed by atoms with Gasteiger partial charge in [-0.25, -0.2) is 0 Å². The first-order chi connectivity index (χ1) is 12.0. The van der Waals surface area contributed by atoms with Gasteiger partial charge in [-0.1, -0.05) is 19.1 Å². The number of nitrogens with zero attached hydrogens (tertiary/aromatic N) is 2. The average Bonchev–Trinajstić information content (AvgIpc) is 2.58. The molecule has 0 spiro atoms. The smallest absolute Gasteiger partial charge is 0.191 e. The number of rotatable bonds is 10. The molecule has 142 valence electrons. The Bertz CT molecular complexity index is 520. The number of aliphatic hydroxyl groups is 1. The molecule has 25 heavy (non-hydrogen) atoms. The Kier molecular flexibility index (Phi) is 9.96. The number of hydrogen-bond donors (Lipinski definition) is 3. The lowest BCUT2D eigenvalue weighted by Gasteiger charge is -2.17. The van der Waals surface area contributed by atoms with Crippen LogP contribution in [0.3, 0.4) is 0 Å². The van der Waals surface area contributed by atoms with E-state index in [1.807, 2.05) is 45.0 Å². The van der Waals surface area contributed by atoms with Crippen LogP contribution in [0.1, 0.15) is 39.4 Å². The summed E-state index contributed by atoms with van der Waals surface area (Å²) < 4.78 is 5.68. The Labute approximate surface area is 152 Å². The van der Waals surface area contributed by atoms with Crippen LogP contribution in [0.15, 0.2) is 29.3 Å². The second-order valence-electron chi connectivity index (χ2n) is 6.30. The van der Waals surface area contributed by atoms with Crippen molar-refractivity contribution in [2.24, 2.45) is 4.99 Å². The van der Waals surface area contributed by atoms with Gasteiger partial charge in [-0.3, -0.25) is 4.99 Å². The highest BCUT2D eigenvalue weighted by Crippen LogP contribution is 2.20. The Morgan fingerprint density at radius 2 is 2.04 bits per heavy atom. The molecule has 1 aromatic rings. The predicted molar refractivity (Wildman–Crippen MR) is 104 cm³/mol. The van der Waals surface area contributed by atoms with E-state index in [-0.39, 0.29) is 6.10 Å². The van der Waals surface area contributed by atoms with Crippen LogP contribution in [0.4, 0.5) is 0 Å². The normalized spacial score (nSPS) is 13.2. The molecule has 6 nitrogen and oxygen atoms in total. The Morgan fingerprint density at radius 1 is 1.28 bits per heavy atom. The van der Waals surface area contributed by atoms with Crippen LogP contribution < -0.4 is 15.4 Å². The van der Waals surface area contributed by atoms with Crippen LogP contribution in [0, 0.1) is 0 Å². The van der Waals surface area contributed by atoms with Crippen molar-refractivity contribution < 1.29 is 9.84 Å². The zero-order chi connectivity index (χ0) is 18.7. The fraction of sp³-hybridized carbons (Fsp3) is 0.632. The van der Waals surface area contributed by atoms with Gasteiger partial charge in [0.25, 0.3) is 0 Å². The van der Waals surface area contributed by atoms with E-state index in [2.05, 4.69) is 34.5 Å². The lowest BCUT2D eigenvalue weighted by Crippen LogP contribution is -2.41. The van der Waals surface area contributed by atoms with Gasteiger partial charge in [-0.2, -0.15) is 0 Å². The summed E-state index contributed by atoms with van der Waals surface area (Å²) >= 11 is 0. The van der Waals surface area contributed by atoms with Gasteiger partial charge < -0.3 is 25.4 Å². The zero-order valence-corrected chi connectivity index (χ0v) is 16.2. The molecule has 0 aromatic heterocycles. The first kappa shape index (κ1) is 21.3. The molecule has 1 unspecified atom stereocenters.